The molecule has 0 radical (unpaired) electrons. The van der Waals surface area contributed by atoms with Crippen LogP contribution in [-0.2, 0) is 16.8 Å². The Balaban J connectivity index is 2.58. The Labute approximate surface area is 89.9 Å². The topological polar surface area (TPSA) is 78.1 Å². The molecule has 0 aliphatic rings. The maximum absolute atomic E-state index is 11.6. The van der Waals surface area contributed by atoms with E-state index < -0.39 is 10.2 Å². The molecule has 0 aliphatic carbocycles. The van der Waals surface area contributed by atoms with E-state index in [0.29, 0.717) is 5.82 Å². The van der Waals surface area contributed by atoms with Crippen LogP contribution in [0.2, 0.25) is 0 Å². The van der Waals surface area contributed by atoms with E-state index in [9.17, 15) is 8.42 Å². The van der Waals surface area contributed by atoms with Gasteiger partial charge in [-0.15, -0.1) is 0 Å². The summed E-state index contributed by atoms with van der Waals surface area (Å²) in [5.74, 6) is 0.593. The summed E-state index contributed by atoms with van der Waals surface area (Å²) in [6.07, 6.45) is 3.23. The molecule has 1 heterocycles. The van der Waals surface area contributed by atoms with Gasteiger partial charge in [0.25, 0.3) is 10.2 Å². The molecule has 0 fully saturated rings. The molecular formula is C8H16N4O2S. The van der Waals surface area contributed by atoms with Crippen molar-refractivity contribution < 1.29 is 8.42 Å². The van der Waals surface area contributed by atoms with Gasteiger partial charge in [0.2, 0.25) is 0 Å². The van der Waals surface area contributed by atoms with Crippen LogP contribution in [0.3, 0.4) is 0 Å². The molecule has 15 heavy (non-hydrogen) atoms. The molecule has 86 valence electrons. The van der Waals surface area contributed by atoms with Crippen molar-refractivity contribution in [1.82, 2.24) is 19.0 Å². The molecule has 1 aromatic heterocycles. The van der Waals surface area contributed by atoms with Crippen LogP contribution in [0.4, 0.5) is 0 Å². The molecule has 0 spiro atoms. The minimum Gasteiger partial charge on any atom is -0.347 e. The first kappa shape index (κ1) is 12.2. The van der Waals surface area contributed by atoms with Crippen molar-refractivity contribution in [2.24, 2.45) is 0 Å². The Kier molecular flexibility index (Phi) is 3.83. The molecule has 0 atom stereocenters. The van der Waals surface area contributed by atoms with E-state index in [1.165, 1.54) is 11.4 Å². The standard InChI is InChI=1S/C8H16N4O2S/c1-7(2)12(3)15(13,14)11-6-8-9-4-5-10-8/h4-5,7,11H,6H2,1-3H3,(H,9,10). The fraction of sp³-hybridized carbons (Fsp3) is 0.625. The molecule has 1 rings (SSSR count). The number of rotatable bonds is 5. The number of imidazole rings is 1. The van der Waals surface area contributed by atoms with Gasteiger partial charge in [-0.1, -0.05) is 0 Å². The zero-order valence-corrected chi connectivity index (χ0v) is 9.87. The zero-order valence-electron chi connectivity index (χ0n) is 9.06. The van der Waals surface area contributed by atoms with Crippen LogP contribution < -0.4 is 4.72 Å². The molecule has 0 bridgehead atoms. The maximum Gasteiger partial charge on any atom is 0.279 e. The Morgan fingerprint density at radius 3 is 2.73 bits per heavy atom. The number of nitrogens with zero attached hydrogens (tertiary/aromatic N) is 2. The largest absolute Gasteiger partial charge is 0.347 e. The molecule has 6 nitrogen and oxygen atoms in total. The third-order valence-electron chi connectivity index (χ3n) is 2.08. The SMILES string of the molecule is CC(C)N(C)S(=O)(=O)NCc1ncc[nH]1. The quantitative estimate of drug-likeness (QED) is 0.755. The first-order valence-electron chi connectivity index (χ1n) is 4.64. The monoisotopic (exact) mass is 232 g/mol. The Hall–Kier alpha value is -0.920. The lowest BCUT2D eigenvalue weighted by molar-refractivity contribution is 0.402. The molecule has 2 N–H and O–H groups in total. The van der Waals surface area contributed by atoms with Gasteiger partial charge in [0, 0.05) is 25.5 Å². The average molecular weight is 232 g/mol. The van der Waals surface area contributed by atoms with E-state index in [0.717, 1.165) is 0 Å². The number of nitrogens with one attached hydrogen (secondary N) is 2. The highest BCUT2D eigenvalue weighted by atomic mass is 32.2. The van der Waals surface area contributed by atoms with E-state index in [2.05, 4.69) is 14.7 Å². The molecule has 0 amide bonds. The zero-order chi connectivity index (χ0) is 11.5. The fourth-order valence-electron chi connectivity index (χ4n) is 0.934. The second-order valence-corrected chi connectivity index (χ2v) is 5.29. The van der Waals surface area contributed by atoms with Gasteiger partial charge in [0.05, 0.1) is 6.54 Å². The van der Waals surface area contributed by atoms with E-state index in [1.54, 1.807) is 12.4 Å². The van der Waals surface area contributed by atoms with Crippen LogP contribution in [0.25, 0.3) is 0 Å². The lowest BCUT2D eigenvalue weighted by Crippen LogP contribution is -2.41. The smallest absolute Gasteiger partial charge is 0.279 e. The van der Waals surface area contributed by atoms with Crippen molar-refractivity contribution in [3.63, 3.8) is 0 Å². The predicted octanol–water partition coefficient (Wildman–Crippen LogP) is 0.0843. The van der Waals surface area contributed by atoms with Crippen LogP contribution in [-0.4, -0.2) is 35.8 Å². The van der Waals surface area contributed by atoms with Gasteiger partial charge >= 0.3 is 0 Å². The van der Waals surface area contributed by atoms with E-state index in [1.807, 2.05) is 13.8 Å². The third kappa shape index (κ3) is 3.29. The van der Waals surface area contributed by atoms with Gasteiger partial charge in [0.15, 0.2) is 0 Å². The summed E-state index contributed by atoms with van der Waals surface area (Å²) in [7, 11) is -1.88. The molecule has 0 unspecified atom stereocenters. The van der Waals surface area contributed by atoms with Crippen molar-refractivity contribution in [2.75, 3.05) is 7.05 Å². The summed E-state index contributed by atoms with van der Waals surface area (Å²) in [5, 5.41) is 0. The minimum atomic E-state index is -3.41. The van der Waals surface area contributed by atoms with Gasteiger partial charge in [-0.2, -0.15) is 17.4 Å². The molecule has 0 saturated carbocycles. The van der Waals surface area contributed by atoms with E-state index in [4.69, 9.17) is 0 Å². The van der Waals surface area contributed by atoms with Crippen molar-refractivity contribution >= 4 is 10.2 Å². The lowest BCUT2D eigenvalue weighted by atomic mass is 10.4. The van der Waals surface area contributed by atoms with Gasteiger partial charge in [-0.05, 0) is 13.8 Å². The summed E-state index contributed by atoms with van der Waals surface area (Å²) in [6, 6.07) is -0.0703. The third-order valence-corrected chi connectivity index (χ3v) is 3.77. The summed E-state index contributed by atoms with van der Waals surface area (Å²) in [5.41, 5.74) is 0. The Bertz CT molecular complexity index is 385. The Morgan fingerprint density at radius 1 is 1.60 bits per heavy atom. The highest BCUT2D eigenvalue weighted by molar-refractivity contribution is 7.87. The summed E-state index contributed by atoms with van der Waals surface area (Å²) in [6.45, 7) is 3.80. The molecule has 0 aliphatic heterocycles. The highest BCUT2D eigenvalue weighted by Gasteiger charge is 2.19. The van der Waals surface area contributed by atoms with Crippen LogP contribution in [0.1, 0.15) is 19.7 Å². The second kappa shape index (κ2) is 4.73. The number of aromatic amines is 1. The number of hydrogen-bond acceptors (Lipinski definition) is 3. The molecule has 7 heteroatoms. The van der Waals surface area contributed by atoms with Crippen LogP contribution in [0, 0.1) is 0 Å². The van der Waals surface area contributed by atoms with Crippen LogP contribution in [0.5, 0.6) is 0 Å². The normalized spacial score (nSPS) is 12.6. The van der Waals surface area contributed by atoms with E-state index >= 15 is 0 Å². The van der Waals surface area contributed by atoms with Crippen molar-refractivity contribution in [1.29, 1.82) is 0 Å². The van der Waals surface area contributed by atoms with E-state index in [-0.39, 0.29) is 12.6 Å². The van der Waals surface area contributed by atoms with Gasteiger partial charge < -0.3 is 4.98 Å². The predicted molar refractivity (Wildman–Crippen MR) is 57.2 cm³/mol. The first-order valence-corrected chi connectivity index (χ1v) is 6.08. The molecule has 0 saturated heterocycles. The fourth-order valence-corrected chi connectivity index (χ4v) is 2.01. The highest BCUT2D eigenvalue weighted by Crippen LogP contribution is 2.01. The molecular weight excluding hydrogens is 216 g/mol. The van der Waals surface area contributed by atoms with Gasteiger partial charge in [0.1, 0.15) is 5.82 Å². The maximum atomic E-state index is 11.6. The minimum absolute atomic E-state index is 0.0703. The molecule has 0 aromatic carbocycles. The second-order valence-electron chi connectivity index (χ2n) is 3.47. The summed E-state index contributed by atoms with van der Waals surface area (Å²) in [4.78, 5) is 6.74. The lowest BCUT2D eigenvalue weighted by Gasteiger charge is -2.20. The van der Waals surface area contributed by atoms with Crippen LogP contribution >= 0.6 is 0 Å². The first-order chi connectivity index (χ1) is 6.93. The number of H-pyrrole nitrogens is 1. The van der Waals surface area contributed by atoms with Gasteiger partial charge in [-0.3, -0.25) is 0 Å². The van der Waals surface area contributed by atoms with Crippen molar-refractivity contribution in [3.05, 3.63) is 18.2 Å². The summed E-state index contributed by atoms with van der Waals surface area (Å²) < 4.78 is 27.0. The number of aromatic nitrogens is 2. The van der Waals surface area contributed by atoms with Crippen molar-refractivity contribution in [2.45, 2.75) is 26.4 Å². The van der Waals surface area contributed by atoms with Crippen molar-refractivity contribution in [3.8, 4) is 0 Å². The average Bonchev–Trinajstić information content (AvgIpc) is 2.66. The number of hydrogen-bond donors (Lipinski definition) is 2. The molecule has 1 aromatic rings. The Morgan fingerprint density at radius 2 is 2.27 bits per heavy atom. The summed E-state index contributed by atoms with van der Waals surface area (Å²) >= 11 is 0. The van der Waals surface area contributed by atoms with Gasteiger partial charge in [-0.25, -0.2) is 4.98 Å². The van der Waals surface area contributed by atoms with Crippen LogP contribution in [0.15, 0.2) is 12.4 Å².